The Hall–Kier alpha value is -1.92. The van der Waals surface area contributed by atoms with E-state index in [1.54, 1.807) is 0 Å². The molecule has 0 unspecified atom stereocenters. The van der Waals surface area contributed by atoms with Crippen LogP contribution in [0.15, 0.2) is 35.0 Å². The zero-order valence-corrected chi connectivity index (χ0v) is 14.0. The summed E-state index contributed by atoms with van der Waals surface area (Å²) >= 11 is 0. The van der Waals surface area contributed by atoms with Gasteiger partial charge in [0.2, 0.25) is 0 Å². The number of nitrogens with one attached hydrogen (secondary N) is 1. The van der Waals surface area contributed by atoms with Gasteiger partial charge >= 0.3 is 0 Å². The summed E-state index contributed by atoms with van der Waals surface area (Å²) in [6, 6.07) is 8.22. The molecule has 0 saturated carbocycles. The van der Waals surface area contributed by atoms with E-state index in [9.17, 15) is 0 Å². The van der Waals surface area contributed by atoms with Crippen molar-refractivity contribution in [2.75, 3.05) is 25.0 Å². The number of anilines is 1. The number of pyridine rings is 1. The second kappa shape index (κ2) is 6.91. The molecule has 0 aliphatic carbocycles. The summed E-state index contributed by atoms with van der Waals surface area (Å²) in [5.41, 5.74) is 0.999. The molecule has 0 aromatic carbocycles. The topological polar surface area (TPSA) is 63.4 Å². The smallest absolute Gasteiger partial charge is 0.133 e. The van der Waals surface area contributed by atoms with Crippen molar-refractivity contribution in [3.05, 3.63) is 41.9 Å². The Labute approximate surface area is 142 Å². The molecule has 6 heteroatoms. The van der Waals surface area contributed by atoms with E-state index in [0.717, 1.165) is 49.9 Å². The van der Waals surface area contributed by atoms with Crippen LogP contribution in [0.5, 0.6) is 0 Å². The maximum Gasteiger partial charge on any atom is 0.133 e. The molecule has 0 amide bonds. The highest BCUT2D eigenvalue weighted by molar-refractivity contribution is 5.35. The zero-order chi connectivity index (χ0) is 16.4. The molecule has 0 bridgehead atoms. The van der Waals surface area contributed by atoms with Crippen LogP contribution >= 0.6 is 0 Å². The van der Waals surface area contributed by atoms with E-state index in [1.807, 2.05) is 37.4 Å². The standard InChI is InChI=1S/C18H24N4O2/c1-13-9-15(21-24-13)11-22-10-14-5-4-8-23-18(14)16(12-22)20-17-6-2-3-7-19-17/h2-3,6-7,9,14,16,18H,4-5,8,10-12H2,1H3,(H,19,20)/t14-,16+,18-/m0/s1. The number of hydrogen-bond acceptors (Lipinski definition) is 6. The molecule has 2 aliphatic rings. The lowest BCUT2D eigenvalue weighted by atomic mass is 9.85. The van der Waals surface area contributed by atoms with Crippen LogP contribution in [-0.4, -0.2) is 46.9 Å². The molecule has 0 spiro atoms. The van der Waals surface area contributed by atoms with Crippen LogP contribution in [0, 0.1) is 12.8 Å². The molecule has 2 fully saturated rings. The van der Waals surface area contributed by atoms with Gasteiger partial charge in [0.1, 0.15) is 11.6 Å². The van der Waals surface area contributed by atoms with Crippen LogP contribution in [0.25, 0.3) is 0 Å². The molecule has 128 valence electrons. The van der Waals surface area contributed by atoms with Crippen molar-refractivity contribution in [3.8, 4) is 0 Å². The van der Waals surface area contributed by atoms with Crippen LogP contribution < -0.4 is 5.32 Å². The quantitative estimate of drug-likeness (QED) is 0.930. The Morgan fingerprint density at radius 1 is 1.33 bits per heavy atom. The minimum absolute atomic E-state index is 0.243. The molecule has 0 radical (unpaired) electrons. The highest BCUT2D eigenvalue weighted by atomic mass is 16.5. The summed E-state index contributed by atoms with van der Waals surface area (Å²) in [7, 11) is 0. The van der Waals surface area contributed by atoms with Crippen molar-refractivity contribution in [1.29, 1.82) is 0 Å². The van der Waals surface area contributed by atoms with Gasteiger partial charge in [-0.05, 0) is 37.8 Å². The van der Waals surface area contributed by atoms with Gasteiger partial charge in [-0.1, -0.05) is 11.2 Å². The third-order valence-electron chi connectivity index (χ3n) is 4.90. The van der Waals surface area contributed by atoms with E-state index in [1.165, 1.54) is 6.42 Å². The van der Waals surface area contributed by atoms with Crippen LogP contribution in [-0.2, 0) is 11.3 Å². The second-order valence-electron chi connectivity index (χ2n) is 6.83. The third-order valence-corrected chi connectivity index (χ3v) is 4.90. The molecule has 3 atom stereocenters. The van der Waals surface area contributed by atoms with E-state index in [2.05, 4.69) is 20.4 Å². The van der Waals surface area contributed by atoms with Gasteiger partial charge in [0.15, 0.2) is 0 Å². The Balaban J connectivity index is 1.49. The Morgan fingerprint density at radius 3 is 3.08 bits per heavy atom. The van der Waals surface area contributed by atoms with Gasteiger partial charge in [0, 0.05) is 38.5 Å². The number of likely N-dealkylation sites (tertiary alicyclic amines) is 1. The summed E-state index contributed by atoms with van der Waals surface area (Å²) in [6.07, 6.45) is 4.45. The molecular weight excluding hydrogens is 304 g/mol. The minimum atomic E-state index is 0.243. The number of aromatic nitrogens is 2. The maximum atomic E-state index is 6.12. The van der Waals surface area contributed by atoms with E-state index in [0.29, 0.717) is 5.92 Å². The van der Waals surface area contributed by atoms with Crippen LogP contribution in [0.2, 0.25) is 0 Å². The molecule has 2 aliphatic heterocycles. The molecule has 4 rings (SSSR count). The predicted molar refractivity (Wildman–Crippen MR) is 90.6 cm³/mol. The SMILES string of the molecule is Cc1cc(CN2C[C@@H]3CCCO[C@@H]3[C@H](Nc3ccccn3)C2)no1. The van der Waals surface area contributed by atoms with Gasteiger partial charge in [-0.3, -0.25) is 4.90 Å². The Bertz CT molecular complexity index is 660. The van der Waals surface area contributed by atoms with Gasteiger partial charge in [-0.2, -0.15) is 0 Å². The minimum Gasteiger partial charge on any atom is -0.376 e. The highest BCUT2D eigenvalue weighted by Gasteiger charge is 2.39. The first-order chi connectivity index (χ1) is 11.8. The number of fused-ring (bicyclic) bond motifs is 1. The van der Waals surface area contributed by atoms with Crippen LogP contribution in [0.3, 0.4) is 0 Å². The van der Waals surface area contributed by atoms with Crippen molar-refractivity contribution in [2.45, 2.75) is 38.5 Å². The van der Waals surface area contributed by atoms with Gasteiger partial charge in [0.05, 0.1) is 17.8 Å². The third kappa shape index (κ3) is 3.44. The Morgan fingerprint density at radius 2 is 2.29 bits per heavy atom. The van der Waals surface area contributed by atoms with E-state index < -0.39 is 0 Å². The lowest BCUT2D eigenvalue weighted by Crippen LogP contribution is -2.57. The average molecular weight is 328 g/mol. The number of nitrogens with zero attached hydrogens (tertiary/aromatic N) is 3. The number of rotatable bonds is 4. The fourth-order valence-electron chi connectivity index (χ4n) is 3.91. The normalized spacial score (nSPS) is 27.6. The van der Waals surface area contributed by atoms with Crippen molar-refractivity contribution in [3.63, 3.8) is 0 Å². The molecular formula is C18H24N4O2. The van der Waals surface area contributed by atoms with Gasteiger partial charge in [-0.15, -0.1) is 0 Å². The molecule has 2 aromatic rings. The fraction of sp³-hybridized carbons (Fsp3) is 0.556. The first-order valence-electron chi connectivity index (χ1n) is 8.71. The maximum absolute atomic E-state index is 6.12. The number of hydrogen-bond donors (Lipinski definition) is 1. The lowest BCUT2D eigenvalue weighted by molar-refractivity contribution is -0.0750. The monoisotopic (exact) mass is 328 g/mol. The second-order valence-corrected chi connectivity index (χ2v) is 6.83. The summed E-state index contributed by atoms with van der Waals surface area (Å²) in [5, 5.41) is 7.72. The number of aryl methyl sites for hydroxylation is 1. The summed E-state index contributed by atoms with van der Waals surface area (Å²) in [5.74, 6) is 2.33. The number of piperidine rings is 1. The van der Waals surface area contributed by atoms with Crippen molar-refractivity contribution in [1.82, 2.24) is 15.0 Å². The highest BCUT2D eigenvalue weighted by Crippen LogP contribution is 2.30. The van der Waals surface area contributed by atoms with Gasteiger partial charge < -0.3 is 14.6 Å². The number of ether oxygens (including phenoxy) is 1. The molecule has 6 nitrogen and oxygen atoms in total. The molecule has 2 saturated heterocycles. The van der Waals surface area contributed by atoms with Crippen molar-refractivity contribution >= 4 is 5.82 Å². The van der Waals surface area contributed by atoms with Gasteiger partial charge in [-0.25, -0.2) is 4.98 Å². The molecule has 2 aromatic heterocycles. The molecule has 24 heavy (non-hydrogen) atoms. The Kier molecular flexibility index (Phi) is 4.49. The predicted octanol–water partition coefficient (Wildman–Crippen LogP) is 2.47. The zero-order valence-electron chi connectivity index (χ0n) is 14.0. The largest absolute Gasteiger partial charge is 0.376 e. The summed E-state index contributed by atoms with van der Waals surface area (Å²) in [6.45, 7) is 5.59. The average Bonchev–Trinajstić information content (AvgIpc) is 3.01. The summed E-state index contributed by atoms with van der Waals surface area (Å²) < 4.78 is 11.3. The first kappa shape index (κ1) is 15.6. The van der Waals surface area contributed by atoms with Crippen LogP contribution in [0.4, 0.5) is 5.82 Å². The molecule has 1 N–H and O–H groups in total. The fourth-order valence-corrected chi connectivity index (χ4v) is 3.91. The van der Waals surface area contributed by atoms with E-state index in [-0.39, 0.29) is 12.1 Å². The molecule has 4 heterocycles. The van der Waals surface area contributed by atoms with E-state index >= 15 is 0 Å². The lowest BCUT2D eigenvalue weighted by Gasteiger charge is -2.46. The van der Waals surface area contributed by atoms with Crippen molar-refractivity contribution < 1.29 is 9.26 Å². The summed E-state index contributed by atoms with van der Waals surface area (Å²) in [4.78, 5) is 6.86. The van der Waals surface area contributed by atoms with Crippen molar-refractivity contribution in [2.24, 2.45) is 5.92 Å². The van der Waals surface area contributed by atoms with E-state index in [4.69, 9.17) is 9.26 Å². The van der Waals surface area contributed by atoms with Gasteiger partial charge in [0.25, 0.3) is 0 Å². The van der Waals surface area contributed by atoms with Crippen LogP contribution in [0.1, 0.15) is 24.3 Å². The first-order valence-corrected chi connectivity index (χ1v) is 8.71.